The monoisotopic (exact) mass is 1310 g/mol. The van der Waals surface area contributed by atoms with Gasteiger partial charge in [0, 0.05) is 127 Å². The second kappa shape index (κ2) is 45.3. The number of benzene rings is 1. The predicted molar refractivity (Wildman–Crippen MR) is 343 cm³/mol. The first-order chi connectivity index (χ1) is 42.7. The number of hydrogen-bond acceptors (Lipinski definition) is 21. The fourth-order valence-electron chi connectivity index (χ4n) is 9.81. The lowest BCUT2D eigenvalue weighted by Gasteiger charge is -2.26. The number of unbranched alkanes of at least 4 members (excludes halogenated alkanes) is 1. The summed E-state index contributed by atoms with van der Waals surface area (Å²) < 4.78 is 5.45. The standard InChI is InChI=1S/C59H95N13O14S3/c1-2-86-24-10-16-49(75)46-34-87-37-53(79)69-45(15-6-7-20-66-52(78)17-8-14-43(73)26-39(31-64-22-18-60)32-65-23-19-61)58(85)72-48-36-89-88-35-47(51(77)29-41(56(83)70-46)25-38-11-4-3-5-12-38)71-57(84)42(30-54(80)81)27-44(74)33-68-55(82)40(28-50(48)76)13-9-21-67-59(62)63/h3-5,11-12,39-42,45-48,64-65H,2,6-10,13-37,60-61H2,1H3,(H,66,78)(H,68,82)(H,69,79)(H,70,83)(H,71,84)(H,72,85)(H,80,81)(H4,62,63,67)/t40-,41-,42+,45+,46+,47+,48+/m1/s1. The van der Waals surface area contributed by atoms with E-state index in [4.69, 9.17) is 27.7 Å². The van der Waals surface area contributed by atoms with Gasteiger partial charge in [-0.3, -0.25) is 62.5 Å². The first-order valence-corrected chi connectivity index (χ1v) is 34.3. The number of hydrogen-bond donors (Lipinski definition) is 13. The number of rotatable bonds is 33. The summed E-state index contributed by atoms with van der Waals surface area (Å²) in [5, 5.41) is 32.8. The van der Waals surface area contributed by atoms with E-state index in [-0.39, 0.29) is 123 Å². The summed E-state index contributed by atoms with van der Waals surface area (Å²) in [6.07, 6.45) is -0.190. The zero-order valence-corrected chi connectivity index (χ0v) is 53.6. The fourth-order valence-corrected chi connectivity index (χ4v) is 13.1. The van der Waals surface area contributed by atoms with E-state index in [1.54, 1.807) is 30.3 Å². The first-order valence-electron chi connectivity index (χ1n) is 30.6. The number of aliphatic imine (C=N–C) groups is 1. The minimum absolute atomic E-state index is 0.00268. The number of carbonyl (C=O) groups excluding carboxylic acids is 11. The van der Waals surface area contributed by atoms with Crippen LogP contribution in [-0.2, 0) is 68.7 Å². The first kappa shape index (κ1) is 77.2. The van der Waals surface area contributed by atoms with Crippen LogP contribution in [0.3, 0.4) is 0 Å². The number of guanidine groups is 1. The van der Waals surface area contributed by atoms with Crippen molar-refractivity contribution in [1.82, 2.24) is 42.5 Å². The molecule has 2 aliphatic rings. The molecule has 2 fully saturated rings. The minimum Gasteiger partial charge on any atom is -0.481 e. The van der Waals surface area contributed by atoms with Crippen LogP contribution in [0.4, 0.5) is 0 Å². The third-order valence-electron chi connectivity index (χ3n) is 14.6. The van der Waals surface area contributed by atoms with Crippen molar-refractivity contribution in [3.05, 3.63) is 35.9 Å². The van der Waals surface area contributed by atoms with Crippen LogP contribution in [0.2, 0.25) is 0 Å². The number of carboxylic acids is 1. The topological polar surface area (TPSA) is 447 Å². The average Bonchev–Trinajstić information content (AvgIpc) is 3.69. The highest BCUT2D eigenvalue weighted by Gasteiger charge is 2.36. The quantitative estimate of drug-likeness (QED) is 0.0177. The highest BCUT2D eigenvalue weighted by Crippen LogP contribution is 2.27. The lowest BCUT2D eigenvalue weighted by Crippen LogP contribution is -2.53. The number of thioether (sulfide) groups is 1. The van der Waals surface area contributed by atoms with Gasteiger partial charge < -0.3 is 75.3 Å². The van der Waals surface area contributed by atoms with Crippen LogP contribution >= 0.6 is 33.3 Å². The van der Waals surface area contributed by atoms with Crippen molar-refractivity contribution in [1.29, 1.82) is 0 Å². The Bertz CT molecular complexity index is 2470. The number of nitrogens with zero attached hydrogens (tertiary/aromatic N) is 1. The van der Waals surface area contributed by atoms with Gasteiger partial charge in [-0.25, -0.2) is 0 Å². The molecule has 3 rings (SSSR count). The Hall–Kier alpha value is -6.02. The van der Waals surface area contributed by atoms with E-state index in [1.165, 1.54) is 0 Å². The van der Waals surface area contributed by atoms with Crippen molar-refractivity contribution in [2.45, 2.75) is 134 Å². The van der Waals surface area contributed by atoms with Gasteiger partial charge in [0.1, 0.15) is 11.8 Å². The molecule has 89 heavy (non-hydrogen) atoms. The van der Waals surface area contributed by atoms with Crippen molar-refractivity contribution in [3.8, 4) is 0 Å². The van der Waals surface area contributed by atoms with Crippen molar-refractivity contribution in [2.75, 3.05) is 95.1 Å². The van der Waals surface area contributed by atoms with E-state index in [9.17, 15) is 62.6 Å². The number of aliphatic carboxylic acids is 1. The van der Waals surface area contributed by atoms with Crippen LogP contribution in [0, 0.1) is 23.7 Å². The van der Waals surface area contributed by atoms with Crippen molar-refractivity contribution in [3.63, 3.8) is 0 Å². The molecule has 0 aliphatic carbocycles. The molecule has 0 unspecified atom stereocenters. The molecule has 1 aromatic rings. The number of nitrogens with one attached hydrogen (secondary N) is 8. The molecule has 498 valence electrons. The number of nitrogens with two attached hydrogens (primary N) is 4. The number of ether oxygens (including phenoxy) is 1. The second-order valence-corrected chi connectivity index (χ2v) is 25.7. The van der Waals surface area contributed by atoms with E-state index >= 15 is 0 Å². The molecule has 2 bridgehead atoms. The Morgan fingerprint density at radius 3 is 2.00 bits per heavy atom. The molecule has 27 nitrogen and oxygen atoms in total. The number of carboxylic acid groups (broad SMARTS) is 1. The summed E-state index contributed by atoms with van der Waals surface area (Å²) in [5.41, 5.74) is 23.0. The molecule has 0 radical (unpaired) electrons. The zero-order chi connectivity index (χ0) is 65.3. The van der Waals surface area contributed by atoms with Crippen LogP contribution in [-0.4, -0.2) is 201 Å². The molecule has 30 heteroatoms. The molecule has 2 heterocycles. The van der Waals surface area contributed by atoms with Crippen molar-refractivity contribution < 1.29 is 67.4 Å². The van der Waals surface area contributed by atoms with Gasteiger partial charge >= 0.3 is 5.97 Å². The van der Waals surface area contributed by atoms with Crippen LogP contribution in [0.5, 0.6) is 0 Å². The molecule has 6 amide bonds. The number of Topliss-reactive ketones (excluding diaryl/α,β-unsaturated/α-hetero) is 5. The third kappa shape index (κ3) is 33.6. The molecule has 0 aromatic heterocycles. The van der Waals surface area contributed by atoms with Crippen LogP contribution in [0.15, 0.2) is 35.3 Å². The SMILES string of the molecule is CCOCCCC(=O)[C@@H]1CSCC(=O)N[C@@H](CCCCNC(=O)CCCC(=O)CC(CNCCN)CNCCN)C(=O)N[C@H]2CSSC[C@H](NC(=O)[C@H](CC(=O)O)CC(=O)CNC(=O)[C@H](CCCN=C(N)N)CC2=O)C(=O)C[C@@H](Cc2ccccc2)C(=O)N1. The summed E-state index contributed by atoms with van der Waals surface area (Å²) in [7, 11) is 2.05. The lowest BCUT2D eigenvalue weighted by molar-refractivity contribution is -0.142. The minimum atomic E-state index is -1.50. The van der Waals surface area contributed by atoms with Crippen LogP contribution in [0.25, 0.3) is 0 Å². The van der Waals surface area contributed by atoms with Gasteiger partial charge in [0.2, 0.25) is 35.4 Å². The normalized spacial score (nSPS) is 21.7. The molecule has 2 saturated heterocycles. The smallest absolute Gasteiger partial charge is 0.304 e. The van der Waals surface area contributed by atoms with Gasteiger partial charge in [-0.2, -0.15) is 0 Å². The third-order valence-corrected chi connectivity index (χ3v) is 18.0. The van der Waals surface area contributed by atoms with E-state index in [0.29, 0.717) is 77.1 Å². The van der Waals surface area contributed by atoms with E-state index in [2.05, 4.69) is 47.5 Å². The van der Waals surface area contributed by atoms with Gasteiger partial charge in [0.15, 0.2) is 29.1 Å². The van der Waals surface area contributed by atoms with Gasteiger partial charge in [-0.1, -0.05) is 51.9 Å². The van der Waals surface area contributed by atoms with Crippen LogP contribution in [0.1, 0.15) is 109 Å². The second-order valence-electron chi connectivity index (χ2n) is 22.1. The van der Waals surface area contributed by atoms with Crippen molar-refractivity contribution >= 4 is 110 Å². The molecular formula is C59H95N13O14S3. The largest absolute Gasteiger partial charge is 0.481 e. The zero-order valence-electron chi connectivity index (χ0n) is 51.2. The fraction of sp³-hybridized carbons (Fsp3) is 0.678. The van der Waals surface area contributed by atoms with Crippen molar-refractivity contribution in [2.24, 2.45) is 51.6 Å². The summed E-state index contributed by atoms with van der Waals surface area (Å²) in [6, 6.07) is 3.64. The maximum Gasteiger partial charge on any atom is 0.304 e. The van der Waals surface area contributed by atoms with E-state index < -0.39 is 127 Å². The Labute approximate surface area is 533 Å². The Morgan fingerprint density at radius 2 is 1.36 bits per heavy atom. The number of amides is 6. The number of fused-ring (bicyclic) bond motifs is 5. The van der Waals surface area contributed by atoms with E-state index in [1.807, 2.05) is 6.92 Å². The summed E-state index contributed by atoms with van der Waals surface area (Å²) in [5.74, 6) is -12.4. The van der Waals surface area contributed by atoms with E-state index in [0.717, 1.165) is 33.3 Å². The van der Waals surface area contributed by atoms with Crippen LogP contribution < -0.4 is 65.5 Å². The summed E-state index contributed by atoms with van der Waals surface area (Å²) in [6.45, 7) is 5.46. The lowest BCUT2D eigenvalue weighted by atomic mass is 9.90. The molecule has 1 aromatic carbocycles. The Morgan fingerprint density at radius 1 is 0.708 bits per heavy atom. The summed E-state index contributed by atoms with van der Waals surface area (Å²) in [4.78, 5) is 170. The molecule has 0 saturated carbocycles. The van der Waals surface area contributed by atoms with Gasteiger partial charge in [-0.05, 0) is 82.9 Å². The van der Waals surface area contributed by atoms with Gasteiger partial charge in [0.25, 0.3) is 0 Å². The predicted octanol–water partition coefficient (Wildman–Crippen LogP) is -0.805. The molecule has 0 spiro atoms. The van der Waals surface area contributed by atoms with Gasteiger partial charge in [0.05, 0.1) is 42.8 Å². The maximum atomic E-state index is 14.7. The molecular weight excluding hydrogens is 1210 g/mol. The molecule has 17 N–H and O–H groups in total. The Kier molecular flexibility index (Phi) is 39.3. The molecule has 7 atom stereocenters. The maximum absolute atomic E-state index is 14.7. The van der Waals surface area contributed by atoms with Gasteiger partial charge in [-0.15, -0.1) is 11.8 Å². The number of carbonyl (C=O) groups is 12. The molecule has 2 aliphatic heterocycles. The highest BCUT2D eigenvalue weighted by atomic mass is 33.1. The summed E-state index contributed by atoms with van der Waals surface area (Å²) >= 11 is 1.01. The number of ketones is 5. The average molecular weight is 1310 g/mol. The Balaban J connectivity index is 2.02. The highest BCUT2D eigenvalue weighted by molar-refractivity contribution is 8.76.